The van der Waals surface area contributed by atoms with Gasteiger partial charge in [-0.05, 0) is 0 Å². The van der Waals surface area contributed by atoms with Gasteiger partial charge in [0, 0.05) is 0 Å². The second kappa shape index (κ2) is 6.61. The molecular formula is C11H21F3NOSn. The van der Waals surface area contributed by atoms with Gasteiger partial charge in [-0.15, -0.1) is 0 Å². The third kappa shape index (κ3) is 6.86. The van der Waals surface area contributed by atoms with E-state index in [4.69, 9.17) is 3.07 Å². The summed E-state index contributed by atoms with van der Waals surface area (Å²) >= 11 is 0.672. The third-order valence-electron chi connectivity index (χ3n) is 2.66. The summed E-state index contributed by atoms with van der Waals surface area (Å²) in [5.74, 6) is 0. The van der Waals surface area contributed by atoms with Crippen molar-refractivity contribution >= 4 is 22.9 Å². The summed E-state index contributed by atoms with van der Waals surface area (Å²) in [6.07, 6.45) is -5.09. The number of hydrogen-bond donors (Lipinski definition) is 0. The van der Waals surface area contributed by atoms with Crippen LogP contribution in [0.2, 0.25) is 0 Å². The average Bonchev–Trinajstić information content (AvgIpc) is 2.10. The maximum atomic E-state index is 12.5. The van der Waals surface area contributed by atoms with Crippen molar-refractivity contribution in [2.24, 2.45) is 0 Å². The SMILES string of the molecule is CC(C)N(CC(C)(CC(F)(F)F)[O][Sn])C(C)C. The fourth-order valence-corrected chi connectivity index (χ4v) is 2.29. The molecule has 0 aromatic carbocycles. The molecule has 0 saturated heterocycles. The zero-order valence-corrected chi connectivity index (χ0v) is 13.9. The number of hydrogen-bond acceptors (Lipinski definition) is 2. The Kier molecular flexibility index (Phi) is 6.81. The molecule has 0 aliphatic heterocycles. The average molecular weight is 359 g/mol. The fraction of sp³-hybridized carbons (Fsp3) is 1.00. The van der Waals surface area contributed by atoms with Gasteiger partial charge in [0.25, 0.3) is 0 Å². The summed E-state index contributed by atoms with van der Waals surface area (Å²) in [6.45, 7) is 9.77. The molecule has 0 rings (SSSR count). The molecule has 0 spiro atoms. The number of alkyl halides is 3. The predicted molar refractivity (Wildman–Crippen MR) is 62.9 cm³/mol. The molecule has 2 nitrogen and oxygen atoms in total. The first-order valence-corrected chi connectivity index (χ1v) is 6.84. The van der Waals surface area contributed by atoms with E-state index in [0.29, 0.717) is 29.5 Å². The standard InChI is InChI=1S/C11H21F3NO.Sn/c1-8(2)15(9(3)4)7-10(5,16)6-11(12,13)14;/h8-9H,6-7H2,1-5H3;/q-1;+1. The van der Waals surface area contributed by atoms with Gasteiger partial charge >= 0.3 is 116 Å². The summed E-state index contributed by atoms with van der Waals surface area (Å²) in [6, 6.07) is 0.405. The van der Waals surface area contributed by atoms with Gasteiger partial charge < -0.3 is 0 Å². The van der Waals surface area contributed by atoms with E-state index in [9.17, 15) is 13.2 Å². The second-order valence-electron chi connectivity index (χ2n) is 5.20. The zero-order valence-electron chi connectivity index (χ0n) is 11.1. The van der Waals surface area contributed by atoms with Crippen LogP contribution in [0.15, 0.2) is 0 Å². The van der Waals surface area contributed by atoms with Crippen LogP contribution in [0, 0.1) is 0 Å². The molecule has 0 aliphatic rings. The molecule has 101 valence electrons. The van der Waals surface area contributed by atoms with Crippen LogP contribution in [0.5, 0.6) is 0 Å². The Hall–Kier alpha value is 0.509. The summed E-state index contributed by atoms with van der Waals surface area (Å²) in [4.78, 5) is 2.02. The van der Waals surface area contributed by atoms with E-state index >= 15 is 0 Å². The van der Waals surface area contributed by atoms with Gasteiger partial charge in [-0.2, -0.15) is 0 Å². The van der Waals surface area contributed by atoms with E-state index in [1.54, 1.807) is 0 Å². The molecule has 17 heavy (non-hydrogen) atoms. The van der Waals surface area contributed by atoms with Crippen molar-refractivity contribution in [3.8, 4) is 0 Å². The van der Waals surface area contributed by atoms with Crippen molar-refractivity contribution in [1.82, 2.24) is 4.90 Å². The molecule has 0 saturated carbocycles. The molecule has 6 heteroatoms. The van der Waals surface area contributed by atoms with Gasteiger partial charge in [0.05, 0.1) is 0 Å². The number of rotatable bonds is 6. The molecule has 1 unspecified atom stereocenters. The fourth-order valence-electron chi connectivity index (χ4n) is 1.90. The Balaban J connectivity index is 4.76. The first-order chi connectivity index (χ1) is 7.51. The monoisotopic (exact) mass is 360 g/mol. The van der Waals surface area contributed by atoms with Crippen LogP contribution in [-0.2, 0) is 3.07 Å². The number of halogens is 3. The molecule has 0 aromatic rings. The van der Waals surface area contributed by atoms with E-state index < -0.39 is 18.2 Å². The van der Waals surface area contributed by atoms with Crippen LogP contribution in [0.25, 0.3) is 0 Å². The first-order valence-electron chi connectivity index (χ1n) is 5.68. The van der Waals surface area contributed by atoms with Crippen LogP contribution in [0.3, 0.4) is 0 Å². The Morgan fingerprint density at radius 3 is 1.76 bits per heavy atom. The Morgan fingerprint density at radius 2 is 1.53 bits per heavy atom. The van der Waals surface area contributed by atoms with E-state index in [0.717, 1.165) is 0 Å². The Morgan fingerprint density at radius 1 is 1.12 bits per heavy atom. The number of nitrogens with zero attached hydrogens (tertiary/aromatic N) is 1. The van der Waals surface area contributed by atoms with E-state index in [2.05, 4.69) is 0 Å². The van der Waals surface area contributed by atoms with Crippen molar-refractivity contribution in [2.75, 3.05) is 6.54 Å². The molecule has 0 amide bonds. The third-order valence-corrected chi connectivity index (χ3v) is 4.07. The summed E-state index contributed by atoms with van der Waals surface area (Å²) in [5.41, 5.74) is -1.15. The van der Waals surface area contributed by atoms with Gasteiger partial charge in [0.15, 0.2) is 0 Å². The quantitative estimate of drug-likeness (QED) is 0.677. The molecular weight excluding hydrogens is 338 g/mol. The molecule has 1 atom stereocenters. The van der Waals surface area contributed by atoms with Crippen LogP contribution in [0.1, 0.15) is 41.0 Å². The predicted octanol–water partition coefficient (Wildman–Crippen LogP) is 2.92. The van der Waals surface area contributed by atoms with Crippen molar-refractivity contribution in [1.29, 1.82) is 0 Å². The molecule has 0 aromatic heterocycles. The summed E-state index contributed by atoms with van der Waals surface area (Å²) in [5, 5.41) is 0. The zero-order chi connectivity index (χ0) is 13.9. The van der Waals surface area contributed by atoms with E-state index in [-0.39, 0.29) is 12.1 Å². The minimum absolute atomic E-state index is 0.202. The molecule has 3 radical (unpaired) electrons. The van der Waals surface area contributed by atoms with Crippen molar-refractivity contribution in [3.05, 3.63) is 0 Å². The van der Waals surface area contributed by atoms with Crippen LogP contribution >= 0.6 is 0 Å². The maximum absolute atomic E-state index is 12.5. The Labute approximate surface area is 116 Å². The topological polar surface area (TPSA) is 12.5 Å². The normalized spacial score (nSPS) is 16.9. The van der Waals surface area contributed by atoms with Crippen molar-refractivity contribution < 1.29 is 16.2 Å². The van der Waals surface area contributed by atoms with Gasteiger partial charge in [-0.25, -0.2) is 0 Å². The van der Waals surface area contributed by atoms with Gasteiger partial charge in [0.2, 0.25) is 0 Å². The molecule has 0 fully saturated rings. The van der Waals surface area contributed by atoms with E-state index in [1.807, 2.05) is 32.6 Å². The molecule has 0 heterocycles. The van der Waals surface area contributed by atoms with Crippen LogP contribution in [0.4, 0.5) is 13.2 Å². The second-order valence-corrected chi connectivity index (χ2v) is 5.79. The van der Waals surface area contributed by atoms with Crippen molar-refractivity contribution in [2.45, 2.75) is 64.9 Å². The van der Waals surface area contributed by atoms with Gasteiger partial charge in [-0.1, -0.05) is 0 Å². The molecule has 0 aliphatic carbocycles. The molecule has 0 bridgehead atoms. The summed E-state index contributed by atoms with van der Waals surface area (Å²) in [7, 11) is 0. The minimum atomic E-state index is -4.19. The Bertz CT molecular complexity index is 225. The van der Waals surface area contributed by atoms with Crippen molar-refractivity contribution in [3.63, 3.8) is 0 Å². The van der Waals surface area contributed by atoms with Crippen LogP contribution < -0.4 is 0 Å². The van der Waals surface area contributed by atoms with Gasteiger partial charge in [0.1, 0.15) is 0 Å². The summed E-state index contributed by atoms with van der Waals surface area (Å²) < 4.78 is 42.7. The molecule has 0 N–H and O–H groups in total. The van der Waals surface area contributed by atoms with Crippen LogP contribution in [-0.4, -0.2) is 58.2 Å². The van der Waals surface area contributed by atoms with Gasteiger partial charge in [-0.3, -0.25) is 0 Å². The first kappa shape index (κ1) is 17.5. The van der Waals surface area contributed by atoms with E-state index in [1.165, 1.54) is 6.92 Å².